The molecule has 0 heterocycles. The molecule has 1 amide bonds. The van der Waals surface area contributed by atoms with E-state index < -0.39 is 12.0 Å². The highest BCUT2D eigenvalue weighted by Gasteiger charge is 2.42. The molecule has 0 saturated heterocycles. The maximum absolute atomic E-state index is 12.9. The highest BCUT2D eigenvalue weighted by atomic mass is 16.5. The molecule has 1 saturated carbocycles. The van der Waals surface area contributed by atoms with E-state index in [9.17, 15) is 9.59 Å². The Labute approximate surface area is 153 Å². The van der Waals surface area contributed by atoms with E-state index in [-0.39, 0.29) is 11.9 Å². The number of rotatable bonds is 6. The Kier molecular flexibility index (Phi) is 5.26. The fraction of sp³-hybridized carbons (Fsp3) is 0.333. The molecule has 26 heavy (non-hydrogen) atoms. The number of nitrogens with one attached hydrogen (secondary N) is 1. The number of hydrogen-bond acceptors (Lipinski definition) is 4. The first-order valence-corrected chi connectivity index (χ1v) is 8.70. The molecule has 1 fully saturated rings. The van der Waals surface area contributed by atoms with Crippen molar-refractivity contribution in [2.45, 2.75) is 26.4 Å². The quantitative estimate of drug-likeness (QED) is 0.801. The summed E-state index contributed by atoms with van der Waals surface area (Å²) in [6.07, 6.45) is -0.185. The van der Waals surface area contributed by atoms with Gasteiger partial charge in [-0.2, -0.15) is 0 Å². The number of hydrogen-bond donors (Lipinski definition) is 1. The van der Waals surface area contributed by atoms with Crippen molar-refractivity contribution < 1.29 is 19.1 Å². The van der Waals surface area contributed by atoms with E-state index in [1.807, 2.05) is 44.2 Å². The monoisotopic (exact) mass is 353 g/mol. The van der Waals surface area contributed by atoms with Crippen LogP contribution in [-0.2, 0) is 14.3 Å². The SMILES string of the molecule is COc1ccc(C)cc1NC(=O)[C@H](OC(=O)[C@@H]1C[C@H]1C)c1ccccc1. The van der Waals surface area contributed by atoms with Gasteiger partial charge in [0.15, 0.2) is 0 Å². The molecular formula is C21H23NO4. The normalized spacial score (nSPS) is 19.3. The molecule has 1 N–H and O–H groups in total. The van der Waals surface area contributed by atoms with Crippen LogP contribution in [0.3, 0.4) is 0 Å². The molecule has 0 spiro atoms. The second-order valence-electron chi connectivity index (χ2n) is 6.74. The molecule has 0 bridgehead atoms. The number of aryl methyl sites for hydroxylation is 1. The van der Waals surface area contributed by atoms with Crippen molar-refractivity contribution in [1.82, 2.24) is 0 Å². The predicted octanol–water partition coefficient (Wildman–Crippen LogP) is 3.88. The van der Waals surface area contributed by atoms with Crippen LogP contribution in [0.5, 0.6) is 5.75 Å². The molecule has 5 heteroatoms. The van der Waals surface area contributed by atoms with Crippen molar-refractivity contribution in [3.63, 3.8) is 0 Å². The van der Waals surface area contributed by atoms with Crippen molar-refractivity contribution in [3.05, 3.63) is 59.7 Å². The summed E-state index contributed by atoms with van der Waals surface area (Å²) in [5.74, 6) is 0.0405. The van der Waals surface area contributed by atoms with Crippen LogP contribution in [-0.4, -0.2) is 19.0 Å². The van der Waals surface area contributed by atoms with E-state index in [0.29, 0.717) is 22.9 Å². The molecule has 5 nitrogen and oxygen atoms in total. The molecule has 1 aliphatic rings. The third-order valence-corrected chi connectivity index (χ3v) is 4.60. The van der Waals surface area contributed by atoms with E-state index in [2.05, 4.69) is 5.32 Å². The zero-order chi connectivity index (χ0) is 18.7. The number of anilines is 1. The highest BCUT2D eigenvalue weighted by molar-refractivity contribution is 5.97. The van der Waals surface area contributed by atoms with Crippen LogP contribution in [0.4, 0.5) is 5.69 Å². The van der Waals surface area contributed by atoms with Crippen LogP contribution in [0.2, 0.25) is 0 Å². The Bertz CT molecular complexity index is 803. The predicted molar refractivity (Wildman–Crippen MR) is 98.9 cm³/mol. The summed E-state index contributed by atoms with van der Waals surface area (Å²) < 4.78 is 10.9. The topological polar surface area (TPSA) is 64.6 Å². The molecule has 0 aliphatic heterocycles. The third kappa shape index (κ3) is 4.04. The summed E-state index contributed by atoms with van der Waals surface area (Å²) in [6, 6.07) is 14.6. The van der Waals surface area contributed by atoms with Gasteiger partial charge in [0.05, 0.1) is 18.7 Å². The van der Waals surface area contributed by atoms with Gasteiger partial charge in [-0.15, -0.1) is 0 Å². The maximum Gasteiger partial charge on any atom is 0.310 e. The van der Waals surface area contributed by atoms with Crippen LogP contribution < -0.4 is 10.1 Å². The van der Waals surface area contributed by atoms with Gasteiger partial charge in [0.1, 0.15) is 5.75 Å². The number of carbonyl (C=O) groups excluding carboxylic acids is 2. The van der Waals surface area contributed by atoms with Gasteiger partial charge in [-0.05, 0) is 37.0 Å². The van der Waals surface area contributed by atoms with Gasteiger partial charge in [-0.3, -0.25) is 9.59 Å². The molecule has 0 aromatic heterocycles. The van der Waals surface area contributed by atoms with Gasteiger partial charge in [-0.25, -0.2) is 0 Å². The summed E-state index contributed by atoms with van der Waals surface area (Å²) in [4.78, 5) is 25.2. The highest BCUT2D eigenvalue weighted by Crippen LogP contribution is 2.40. The lowest BCUT2D eigenvalue weighted by molar-refractivity contribution is -0.156. The minimum atomic E-state index is -0.998. The zero-order valence-electron chi connectivity index (χ0n) is 15.2. The Hall–Kier alpha value is -2.82. The summed E-state index contributed by atoms with van der Waals surface area (Å²) in [7, 11) is 1.55. The number of benzene rings is 2. The Morgan fingerprint density at radius 2 is 1.85 bits per heavy atom. The van der Waals surface area contributed by atoms with Gasteiger partial charge in [-0.1, -0.05) is 43.3 Å². The first kappa shape index (κ1) is 18.0. The fourth-order valence-corrected chi connectivity index (χ4v) is 2.87. The average Bonchev–Trinajstić information content (AvgIpc) is 3.37. The van der Waals surface area contributed by atoms with Crippen LogP contribution in [0.1, 0.15) is 30.6 Å². The van der Waals surface area contributed by atoms with Crippen LogP contribution >= 0.6 is 0 Å². The zero-order valence-corrected chi connectivity index (χ0v) is 15.2. The molecule has 0 unspecified atom stereocenters. The Balaban J connectivity index is 1.83. The van der Waals surface area contributed by atoms with Crippen molar-refractivity contribution in [2.24, 2.45) is 11.8 Å². The first-order valence-electron chi connectivity index (χ1n) is 8.70. The second kappa shape index (κ2) is 7.60. The van der Waals surface area contributed by atoms with Gasteiger partial charge in [0.2, 0.25) is 6.10 Å². The van der Waals surface area contributed by atoms with Gasteiger partial charge in [0.25, 0.3) is 5.91 Å². The lowest BCUT2D eigenvalue weighted by atomic mass is 10.1. The molecule has 3 rings (SSSR count). The van der Waals surface area contributed by atoms with Crippen LogP contribution in [0.15, 0.2) is 48.5 Å². The van der Waals surface area contributed by atoms with Gasteiger partial charge < -0.3 is 14.8 Å². The van der Waals surface area contributed by atoms with E-state index in [4.69, 9.17) is 9.47 Å². The molecule has 0 radical (unpaired) electrons. The number of ether oxygens (including phenoxy) is 2. The summed E-state index contributed by atoms with van der Waals surface area (Å²) in [6.45, 7) is 3.93. The van der Waals surface area contributed by atoms with E-state index >= 15 is 0 Å². The van der Waals surface area contributed by atoms with Crippen molar-refractivity contribution in [3.8, 4) is 5.75 Å². The molecular weight excluding hydrogens is 330 g/mol. The van der Waals surface area contributed by atoms with Crippen LogP contribution in [0.25, 0.3) is 0 Å². The van der Waals surface area contributed by atoms with Crippen molar-refractivity contribution >= 4 is 17.6 Å². The maximum atomic E-state index is 12.9. The van der Waals surface area contributed by atoms with Gasteiger partial charge >= 0.3 is 5.97 Å². The number of methoxy groups -OCH3 is 1. The minimum absolute atomic E-state index is 0.109. The van der Waals surface area contributed by atoms with Gasteiger partial charge in [0, 0.05) is 5.56 Å². The van der Waals surface area contributed by atoms with Crippen molar-refractivity contribution in [1.29, 1.82) is 0 Å². The average molecular weight is 353 g/mol. The van der Waals surface area contributed by atoms with Crippen LogP contribution in [0, 0.1) is 18.8 Å². The minimum Gasteiger partial charge on any atom is -0.495 e. The summed E-state index contributed by atoms with van der Waals surface area (Å²) in [5, 5.41) is 2.84. The van der Waals surface area contributed by atoms with E-state index in [1.54, 1.807) is 25.3 Å². The second-order valence-corrected chi connectivity index (χ2v) is 6.74. The van der Waals surface area contributed by atoms with E-state index in [0.717, 1.165) is 12.0 Å². The number of amides is 1. The Morgan fingerprint density at radius 3 is 2.46 bits per heavy atom. The number of carbonyl (C=O) groups is 2. The first-order chi connectivity index (χ1) is 12.5. The van der Waals surface area contributed by atoms with Crippen molar-refractivity contribution in [2.75, 3.05) is 12.4 Å². The third-order valence-electron chi connectivity index (χ3n) is 4.60. The smallest absolute Gasteiger partial charge is 0.310 e. The molecule has 136 valence electrons. The lowest BCUT2D eigenvalue weighted by Crippen LogP contribution is -2.26. The van der Waals surface area contributed by atoms with E-state index in [1.165, 1.54) is 0 Å². The lowest BCUT2D eigenvalue weighted by Gasteiger charge is -2.19. The number of esters is 1. The Morgan fingerprint density at radius 1 is 1.15 bits per heavy atom. The standard InChI is InChI=1S/C21H23NO4/c1-13-9-10-18(25-3)17(11-13)22-20(23)19(15-7-5-4-6-8-15)26-21(24)16-12-14(16)2/h4-11,14,16,19H,12H2,1-3H3,(H,22,23)/t14-,16-,19-/m1/s1. The largest absolute Gasteiger partial charge is 0.495 e. The molecule has 1 aliphatic carbocycles. The summed E-state index contributed by atoms with van der Waals surface area (Å²) in [5.41, 5.74) is 2.17. The fourth-order valence-electron chi connectivity index (χ4n) is 2.87. The summed E-state index contributed by atoms with van der Waals surface area (Å²) >= 11 is 0. The molecule has 3 atom stereocenters. The molecule has 2 aromatic rings. The molecule has 2 aromatic carbocycles.